The second-order valence-corrected chi connectivity index (χ2v) is 5.43. The molecule has 1 heterocycles. The first-order chi connectivity index (χ1) is 11.1. The van der Waals surface area contributed by atoms with Crippen LogP contribution >= 0.6 is 0 Å². The highest BCUT2D eigenvalue weighted by Crippen LogP contribution is 2.06. The van der Waals surface area contributed by atoms with Gasteiger partial charge >= 0.3 is 0 Å². The lowest BCUT2D eigenvalue weighted by Crippen LogP contribution is -2.40. The van der Waals surface area contributed by atoms with E-state index in [2.05, 4.69) is 4.98 Å². The highest BCUT2D eigenvalue weighted by Gasteiger charge is 2.17. The lowest BCUT2D eigenvalue weighted by molar-refractivity contribution is -0.139. The van der Waals surface area contributed by atoms with Crippen molar-refractivity contribution in [2.45, 2.75) is 20.0 Å². The van der Waals surface area contributed by atoms with Crippen molar-refractivity contribution in [2.24, 2.45) is 0 Å². The Balaban J connectivity index is 1.96. The molecule has 2 rings (SSSR count). The zero-order valence-electron chi connectivity index (χ0n) is 13.5. The van der Waals surface area contributed by atoms with Crippen LogP contribution in [0.1, 0.15) is 18.2 Å². The molecule has 0 saturated carbocycles. The molecule has 2 amide bonds. The van der Waals surface area contributed by atoms with Crippen molar-refractivity contribution in [3.05, 3.63) is 66.0 Å². The van der Waals surface area contributed by atoms with Crippen molar-refractivity contribution in [3.8, 4) is 0 Å². The van der Waals surface area contributed by atoms with Gasteiger partial charge in [0.25, 0.3) is 0 Å². The van der Waals surface area contributed by atoms with Gasteiger partial charge in [-0.15, -0.1) is 0 Å². The van der Waals surface area contributed by atoms with Gasteiger partial charge < -0.3 is 9.80 Å². The van der Waals surface area contributed by atoms with Crippen molar-refractivity contribution >= 4 is 11.8 Å². The summed E-state index contributed by atoms with van der Waals surface area (Å²) < 4.78 is 0. The molecule has 0 spiro atoms. The van der Waals surface area contributed by atoms with Crippen LogP contribution in [0.4, 0.5) is 0 Å². The molecule has 0 saturated heterocycles. The van der Waals surface area contributed by atoms with Crippen molar-refractivity contribution in [2.75, 3.05) is 13.6 Å². The molecule has 0 radical (unpaired) electrons. The molecule has 0 aliphatic carbocycles. The molecule has 5 heteroatoms. The maximum Gasteiger partial charge on any atom is 0.242 e. The molecule has 0 aliphatic rings. The zero-order chi connectivity index (χ0) is 16.7. The first-order valence-corrected chi connectivity index (χ1v) is 7.49. The van der Waals surface area contributed by atoms with E-state index in [1.54, 1.807) is 18.1 Å². The Morgan fingerprint density at radius 1 is 1.00 bits per heavy atom. The van der Waals surface area contributed by atoms with E-state index in [1.807, 2.05) is 48.5 Å². The fraction of sp³-hybridized carbons (Fsp3) is 0.278. The molecule has 2 aromatic rings. The van der Waals surface area contributed by atoms with Crippen LogP contribution in [0.25, 0.3) is 0 Å². The van der Waals surface area contributed by atoms with Gasteiger partial charge in [-0.2, -0.15) is 0 Å². The van der Waals surface area contributed by atoms with Crippen LogP contribution in [0.15, 0.2) is 54.7 Å². The third-order valence-corrected chi connectivity index (χ3v) is 3.54. The topological polar surface area (TPSA) is 53.5 Å². The largest absolute Gasteiger partial charge is 0.340 e. The molecule has 0 aliphatic heterocycles. The summed E-state index contributed by atoms with van der Waals surface area (Å²) in [6, 6.07) is 15.3. The van der Waals surface area contributed by atoms with Gasteiger partial charge in [0.05, 0.1) is 12.2 Å². The van der Waals surface area contributed by atoms with Crippen molar-refractivity contribution in [3.63, 3.8) is 0 Å². The van der Waals surface area contributed by atoms with E-state index < -0.39 is 0 Å². The van der Waals surface area contributed by atoms with Gasteiger partial charge in [0.2, 0.25) is 11.8 Å². The molecule has 0 unspecified atom stereocenters. The summed E-state index contributed by atoms with van der Waals surface area (Å²) in [5.41, 5.74) is 1.82. The summed E-state index contributed by atoms with van der Waals surface area (Å²) in [6.45, 7) is 2.37. The van der Waals surface area contributed by atoms with Crippen LogP contribution in [-0.2, 0) is 22.7 Å². The van der Waals surface area contributed by atoms with Gasteiger partial charge in [0.15, 0.2) is 0 Å². The average molecular weight is 311 g/mol. The number of hydrogen-bond acceptors (Lipinski definition) is 3. The van der Waals surface area contributed by atoms with E-state index in [0.717, 1.165) is 11.3 Å². The van der Waals surface area contributed by atoms with Gasteiger partial charge in [0.1, 0.15) is 6.54 Å². The number of likely N-dealkylation sites (N-methyl/N-ethyl adjacent to an activating group) is 1. The molecule has 1 aromatic heterocycles. The molecule has 120 valence electrons. The van der Waals surface area contributed by atoms with E-state index in [4.69, 9.17) is 0 Å². The standard InChI is InChI=1S/C18H21N3O2/c1-15(22)21(13-17-10-6-7-11-19-17)14-18(23)20(2)12-16-8-4-3-5-9-16/h3-11H,12-14H2,1-2H3. The summed E-state index contributed by atoms with van der Waals surface area (Å²) in [5, 5.41) is 0. The van der Waals surface area contributed by atoms with Crippen LogP contribution in [0.5, 0.6) is 0 Å². The zero-order valence-corrected chi connectivity index (χ0v) is 13.5. The minimum absolute atomic E-state index is 0.0508. The summed E-state index contributed by atoms with van der Waals surface area (Å²) in [4.78, 5) is 31.5. The van der Waals surface area contributed by atoms with Gasteiger partial charge in [-0.25, -0.2) is 0 Å². The maximum atomic E-state index is 12.4. The fourth-order valence-electron chi connectivity index (χ4n) is 2.20. The van der Waals surface area contributed by atoms with Gasteiger partial charge in [-0.05, 0) is 17.7 Å². The van der Waals surface area contributed by atoms with Crippen molar-refractivity contribution < 1.29 is 9.59 Å². The van der Waals surface area contributed by atoms with Crippen molar-refractivity contribution in [1.29, 1.82) is 0 Å². The SMILES string of the molecule is CC(=O)N(CC(=O)N(C)Cc1ccccc1)Cc1ccccn1. The Hall–Kier alpha value is -2.69. The molecule has 0 atom stereocenters. The second-order valence-electron chi connectivity index (χ2n) is 5.43. The second kappa shape index (κ2) is 8.08. The monoisotopic (exact) mass is 311 g/mol. The third kappa shape index (κ3) is 5.21. The summed E-state index contributed by atoms with van der Waals surface area (Å²) in [5.74, 6) is -0.239. The highest BCUT2D eigenvalue weighted by atomic mass is 16.2. The molecular weight excluding hydrogens is 290 g/mol. The summed E-state index contributed by atoms with van der Waals surface area (Å²) in [6.07, 6.45) is 1.68. The Bertz CT molecular complexity index is 644. The van der Waals surface area contributed by atoms with E-state index >= 15 is 0 Å². The minimum atomic E-state index is -0.142. The first-order valence-electron chi connectivity index (χ1n) is 7.49. The van der Waals surface area contributed by atoms with E-state index in [-0.39, 0.29) is 18.4 Å². The summed E-state index contributed by atoms with van der Waals surface area (Å²) in [7, 11) is 1.74. The van der Waals surface area contributed by atoms with E-state index in [9.17, 15) is 9.59 Å². The van der Waals surface area contributed by atoms with Crippen molar-refractivity contribution in [1.82, 2.24) is 14.8 Å². The fourth-order valence-corrected chi connectivity index (χ4v) is 2.20. The number of benzene rings is 1. The number of carbonyl (C=O) groups excluding carboxylic acids is 2. The first kappa shape index (κ1) is 16.7. The third-order valence-electron chi connectivity index (χ3n) is 3.54. The van der Waals surface area contributed by atoms with Crippen LogP contribution in [0, 0.1) is 0 Å². The molecule has 0 bridgehead atoms. The number of amides is 2. The van der Waals surface area contributed by atoms with E-state index in [1.165, 1.54) is 11.8 Å². The number of nitrogens with zero attached hydrogens (tertiary/aromatic N) is 3. The lowest BCUT2D eigenvalue weighted by Gasteiger charge is -2.24. The van der Waals surface area contributed by atoms with Gasteiger partial charge in [-0.3, -0.25) is 14.6 Å². The number of hydrogen-bond donors (Lipinski definition) is 0. The van der Waals surface area contributed by atoms with Crippen LogP contribution in [0.3, 0.4) is 0 Å². The summed E-state index contributed by atoms with van der Waals surface area (Å²) >= 11 is 0. The number of aromatic nitrogens is 1. The highest BCUT2D eigenvalue weighted by molar-refractivity contribution is 5.83. The van der Waals surface area contributed by atoms with Crippen LogP contribution in [0.2, 0.25) is 0 Å². The molecule has 5 nitrogen and oxygen atoms in total. The molecule has 0 N–H and O–H groups in total. The molecular formula is C18H21N3O2. The molecule has 1 aromatic carbocycles. The number of pyridine rings is 1. The van der Waals surface area contributed by atoms with Crippen LogP contribution in [-0.4, -0.2) is 40.2 Å². The maximum absolute atomic E-state index is 12.4. The van der Waals surface area contributed by atoms with E-state index in [0.29, 0.717) is 13.1 Å². The lowest BCUT2D eigenvalue weighted by atomic mass is 10.2. The smallest absolute Gasteiger partial charge is 0.242 e. The Kier molecular flexibility index (Phi) is 5.86. The average Bonchev–Trinajstić information content (AvgIpc) is 2.56. The Morgan fingerprint density at radius 2 is 1.70 bits per heavy atom. The van der Waals surface area contributed by atoms with Crippen LogP contribution < -0.4 is 0 Å². The Labute approximate surface area is 136 Å². The number of carbonyl (C=O) groups is 2. The van der Waals surface area contributed by atoms with Gasteiger partial charge in [0, 0.05) is 26.7 Å². The normalized spacial score (nSPS) is 10.2. The quantitative estimate of drug-likeness (QED) is 0.821. The predicted octanol–water partition coefficient (Wildman–Crippen LogP) is 2.09. The van der Waals surface area contributed by atoms with Gasteiger partial charge in [-0.1, -0.05) is 36.4 Å². The molecule has 0 fully saturated rings. The predicted molar refractivity (Wildman–Crippen MR) is 88.2 cm³/mol. The number of rotatable bonds is 6. The minimum Gasteiger partial charge on any atom is -0.340 e. The Morgan fingerprint density at radius 3 is 2.30 bits per heavy atom. The molecule has 23 heavy (non-hydrogen) atoms.